The Kier molecular flexibility index (Phi) is 3.52. The Morgan fingerprint density at radius 2 is 2.50 bits per heavy atom. The van der Waals surface area contributed by atoms with E-state index >= 15 is 0 Å². The number of thiophene rings is 1. The summed E-state index contributed by atoms with van der Waals surface area (Å²) in [7, 11) is 0. The molecule has 0 fully saturated rings. The SMILES string of the molecule is NNC(=O)CCc1cc(Cl)cs1. The van der Waals surface area contributed by atoms with E-state index < -0.39 is 0 Å². The molecule has 0 aliphatic carbocycles. The summed E-state index contributed by atoms with van der Waals surface area (Å²) in [5.41, 5.74) is 2.07. The van der Waals surface area contributed by atoms with E-state index in [0.717, 1.165) is 9.90 Å². The molecule has 0 bridgehead atoms. The maximum Gasteiger partial charge on any atom is 0.234 e. The molecule has 0 atom stereocenters. The van der Waals surface area contributed by atoms with Crippen LogP contribution in [0.2, 0.25) is 5.02 Å². The van der Waals surface area contributed by atoms with Crippen molar-refractivity contribution in [1.82, 2.24) is 5.43 Å². The van der Waals surface area contributed by atoms with Crippen molar-refractivity contribution in [2.75, 3.05) is 0 Å². The molecule has 12 heavy (non-hydrogen) atoms. The molecule has 1 aromatic rings. The largest absolute Gasteiger partial charge is 0.294 e. The summed E-state index contributed by atoms with van der Waals surface area (Å²) in [6, 6.07) is 1.86. The Morgan fingerprint density at radius 1 is 1.75 bits per heavy atom. The van der Waals surface area contributed by atoms with Crippen molar-refractivity contribution in [3.63, 3.8) is 0 Å². The zero-order valence-electron chi connectivity index (χ0n) is 6.34. The van der Waals surface area contributed by atoms with Crippen LogP contribution in [0.4, 0.5) is 0 Å². The van der Waals surface area contributed by atoms with Gasteiger partial charge in [-0.3, -0.25) is 10.2 Å². The molecule has 0 aromatic carbocycles. The predicted octanol–water partition coefficient (Wildman–Crippen LogP) is 1.32. The lowest BCUT2D eigenvalue weighted by molar-refractivity contribution is -0.121. The fourth-order valence-electron chi connectivity index (χ4n) is 0.794. The van der Waals surface area contributed by atoms with Crippen LogP contribution in [0.1, 0.15) is 11.3 Å². The molecule has 0 saturated carbocycles. The fourth-order valence-corrected chi connectivity index (χ4v) is 1.87. The Hall–Kier alpha value is -0.580. The molecule has 3 N–H and O–H groups in total. The first-order chi connectivity index (χ1) is 5.72. The highest BCUT2D eigenvalue weighted by molar-refractivity contribution is 7.10. The summed E-state index contributed by atoms with van der Waals surface area (Å²) in [5, 5.41) is 2.57. The van der Waals surface area contributed by atoms with Crippen LogP contribution in [0, 0.1) is 0 Å². The zero-order chi connectivity index (χ0) is 8.97. The molecule has 0 aliphatic rings. The van der Waals surface area contributed by atoms with Gasteiger partial charge in [-0.15, -0.1) is 11.3 Å². The third-order valence-corrected chi connectivity index (χ3v) is 2.73. The maximum atomic E-state index is 10.7. The van der Waals surface area contributed by atoms with Gasteiger partial charge in [0.2, 0.25) is 5.91 Å². The van der Waals surface area contributed by atoms with Gasteiger partial charge < -0.3 is 0 Å². The zero-order valence-corrected chi connectivity index (χ0v) is 7.91. The number of halogens is 1. The molecule has 5 heteroatoms. The van der Waals surface area contributed by atoms with E-state index in [1.165, 1.54) is 0 Å². The number of carbonyl (C=O) groups excluding carboxylic acids is 1. The van der Waals surface area contributed by atoms with Crippen LogP contribution in [0.15, 0.2) is 11.4 Å². The Bertz CT molecular complexity index is 274. The lowest BCUT2D eigenvalue weighted by Crippen LogP contribution is -2.29. The minimum Gasteiger partial charge on any atom is -0.294 e. The molecule has 66 valence electrons. The van der Waals surface area contributed by atoms with Crippen LogP contribution in [0.25, 0.3) is 0 Å². The highest BCUT2D eigenvalue weighted by Gasteiger charge is 2.01. The molecular weight excluding hydrogens is 196 g/mol. The molecule has 0 radical (unpaired) electrons. The van der Waals surface area contributed by atoms with Crippen molar-refractivity contribution in [3.05, 3.63) is 21.3 Å². The van der Waals surface area contributed by atoms with Gasteiger partial charge in [-0.2, -0.15) is 0 Å². The van der Waals surface area contributed by atoms with Gasteiger partial charge in [-0.1, -0.05) is 11.6 Å². The van der Waals surface area contributed by atoms with Crippen LogP contribution in [-0.2, 0) is 11.2 Å². The Labute approximate surface area is 79.5 Å². The van der Waals surface area contributed by atoms with Gasteiger partial charge in [0.25, 0.3) is 0 Å². The predicted molar refractivity (Wildman–Crippen MR) is 50.0 cm³/mol. The first-order valence-corrected chi connectivity index (χ1v) is 4.70. The number of rotatable bonds is 3. The molecule has 3 nitrogen and oxygen atoms in total. The molecule has 1 rings (SSSR count). The van der Waals surface area contributed by atoms with Crippen molar-refractivity contribution >= 4 is 28.8 Å². The topological polar surface area (TPSA) is 55.1 Å². The summed E-state index contributed by atoms with van der Waals surface area (Å²) in [6.45, 7) is 0. The average Bonchev–Trinajstić information content (AvgIpc) is 2.47. The molecular formula is C7H9ClN2OS. The molecule has 1 amide bonds. The minimum absolute atomic E-state index is 0.153. The monoisotopic (exact) mass is 204 g/mol. The van der Waals surface area contributed by atoms with Gasteiger partial charge in [-0.05, 0) is 12.5 Å². The van der Waals surface area contributed by atoms with Crippen molar-refractivity contribution in [2.45, 2.75) is 12.8 Å². The lowest BCUT2D eigenvalue weighted by Gasteiger charge is -1.95. The van der Waals surface area contributed by atoms with E-state index in [4.69, 9.17) is 17.4 Å². The smallest absolute Gasteiger partial charge is 0.234 e. The van der Waals surface area contributed by atoms with Crippen LogP contribution < -0.4 is 11.3 Å². The number of nitrogens with two attached hydrogens (primary N) is 1. The fraction of sp³-hybridized carbons (Fsp3) is 0.286. The van der Waals surface area contributed by atoms with Crippen LogP contribution in [0.5, 0.6) is 0 Å². The molecule has 0 spiro atoms. The third kappa shape index (κ3) is 2.81. The van der Waals surface area contributed by atoms with Gasteiger partial charge >= 0.3 is 0 Å². The van der Waals surface area contributed by atoms with Crippen molar-refractivity contribution in [3.8, 4) is 0 Å². The first-order valence-electron chi connectivity index (χ1n) is 3.44. The summed E-state index contributed by atoms with van der Waals surface area (Å²) in [6.07, 6.45) is 1.10. The first kappa shape index (κ1) is 9.51. The quantitative estimate of drug-likeness (QED) is 0.443. The second-order valence-electron chi connectivity index (χ2n) is 2.30. The molecule has 0 unspecified atom stereocenters. The molecule has 1 aromatic heterocycles. The average molecular weight is 205 g/mol. The number of amides is 1. The summed E-state index contributed by atoms with van der Waals surface area (Å²) >= 11 is 7.24. The minimum atomic E-state index is -0.153. The van der Waals surface area contributed by atoms with E-state index in [1.54, 1.807) is 11.3 Å². The van der Waals surface area contributed by atoms with Crippen LogP contribution >= 0.6 is 22.9 Å². The highest BCUT2D eigenvalue weighted by atomic mass is 35.5. The van der Waals surface area contributed by atoms with Gasteiger partial charge in [0.05, 0.1) is 5.02 Å². The second kappa shape index (κ2) is 4.45. The van der Waals surface area contributed by atoms with E-state index in [1.807, 2.05) is 11.4 Å². The highest BCUT2D eigenvalue weighted by Crippen LogP contribution is 2.20. The lowest BCUT2D eigenvalue weighted by atomic mass is 10.2. The molecule has 0 aliphatic heterocycles. The summed E-state index contributed by atoms with van der Waals surface area (Å²) in [5.74, 6) is 4.77. The van der Waals surface area contributed by atoms with E-state index in [-0.39, 0.29) is 5.91 Å². The summed E-state index contributed by atoms with van der Waals surface area (Å²) in [4.78, 5) is 11.8. The van der Waals surface area contributed by atoms with Crippen molar-refractivity contribution in [1.29, 1.82) is 0 Å². The molecule has 1 heterocycles. The van der Waals surface area contributed by atoms with Crippen LogP contribution in [0.3, 0.4) is 0 Å². The maximum absolute atomic E-state index is 10.7. The standard InChI is InChI=1S/C7H9ClN2OS/c8-5-3-6(12-4-5)1-2-7(11)10-9/h3-4H,1-2,9H2,(H,10,11). The number of carbonyl (C=O) groups is 1. The van der Waals surface area contributed by atoms with Gasteiger partial charge in [0.1, 0.15) is 0 Å². The normalized spacial score (nSPS) is 9.83. The number of aryl methyl sites for hydroxylation is 1. The van der Waals surface area contributed by atoms with E-state index in [0.29, 0.717) is 12.8 Å². The van der Waals surface area contributed by atoms with Crippen LogP contribution in [-0.4, -0.2) is 5.91 Å². The van der Waals surface area contributed by atoms with Gasteiger partial charge in [-0.25, -0.2) is 5.84 Å². The van der Waals surface area contributed by atoms with Crippen molar-refractivity contribution < 1.29 is 4.79 Å². The number of nitrogens with one attached hydrogen (secondary N) is 1. The Balaban J connectivity index is 2.38. The van der Waals surface area contributed by atoms with Gasteiger partial charge in [0.15, 0.2) is 0 Å². The summed E-state index contributed by atoms with van der Waals surface area (Å²) < 4.78 is 0. The Morgan fingerprint density at radius 3 is 3.00 bits per heavy atom. The second-order valence-corrected chi connectivity index (χ2v) is 3.73. The number of hydrogen-bond acceptors (Lipinski definition) is 3. The van der Waals surface area contributed by atoms with E-state index in [9.17, 15) is 4.79 Å². The molecule has 0 saturated heterocycles. The third-order valence-electron chi connectivity index (χ3n) is 1.38. The number of hydrogen-bond donors (Lipinski definition) is 2. The van der Waals surface area contributed by atoms with Crippen molar-refractivity contribution in [2.24, 2.45) is 5.84 Å². The van der Waals surface area contributed by atoms with Gasteiger partial charge in [0, 0.05) is 16.7 Å². The number of hydrazine groups is 1. The van der Waals surface area contributed by atoms with E-state index in [2.05, 4.69) is 5.43 Å².